The third kappa shape index (κ3) is 4.46. The quantitative estimate of drug-likeness (QED) is 0.180. The molecule has 1 aliphatic carbocycles. The highest BCUT2D eigenvalue weighted by atomic mass is 32.2. The summed E-state index contributed by atoms with van der Waals surface area (Å²) in [5, 5.41) is 2.19. The van der Waals surface area contributed by atoms with Crippen LogP contribution in [0, 0.1) is 0 Å². The molecule has 1 spiro atoms. The molecule has 0 saturated carbocycles. The summed E-state index contributed by atoms with van der Waals surface area (Å²) in [4.78, 5) is 17.6. The van der Waals surface area contributed by atoms with Gasteiger partial charge in [0.1, 0.15) is 11.2 Å². The smallest absolute Gasteiger partial charge is 0.164 e. The number of fused-ring (bicyclic) bond motifs is 10. The fourth-order valence-corrected chi connectivity index (χ4v) is 9.34. The minimum absolute atomic E-state index is 0.600. The lowest BCUT2D eigenvalue weighted by atomic mass is 9.66. The van der Waals surface area contributed by atoms with Gasteiger partial charge in [-0.3, -0.25) is 0 Å². The summed E-state index contributed by atoms with van der Waals surface area (Å²) in [7, 11) is 0. The summed E-state index contributed by atoms with van der Waals surface area (Å²) in [5.41, 5.74) is 11.0. The van der Waals surface area contributed by atoms with Crippen molar-refractivity contribution in [1.82, 2.24) is 15.0 Å². The average Bonchev–Trinajstić information content (AvgIpc) is 3.72. The summed E-state index contributed by atoms with van der Waals surface area (Å²) >= 11 is 1.83. The van der Waals surface area contributed by atoms with E-state index in [-0.39, 0.29) is 0 Å². The zero-order valence-corrected chi connectivity index (χ0v) is 29.2. The first kappa shape index (κ1) is 30.5. The third-order valence-electron chi connectivity index (χ3n) is 10.3. The topological polar surface area (TPSA) is 51.8 Å². The van der Waals surface area contributed by atoms with Crippen molar-refractivity contribution in [2.45, 2.75) is 22.1 Å². The zero-order valence-electron chi connectivity index (χ0n) is 28.4. The predicted octanol–water partition coefficient (Wildman–Crippen LogP) is 12.0. The van der Waals surface area contributed by atoms with Crippen LogP contribution >= 0.6 is 11.8 Å². The van der Waals surface area contributed by atoms with Gasteiger partial charge in [0.25, 0.3) is 0 Å². The Morgan fingerprint density at radius 3 is 1.83 bits per heavy atom. The van der Waals surface area contributed by atoms with Crippen molar-refractivity contribution in [3.63, 3.8) is 0 Å². The molecule has 4 nitrogen and oxygen atoms in total. The molecule has 0 fully saturated rings. The van der Waals surface area contributed by atoms with Crippen LogP contribution in [0.2, 0.25) is 0 Å². The second-order valence-electron chi connectivity index (χ2n) is 13.2. The molecule has 6 aromatic carbocycles. The number of benzene rings is 6. The van der Waals surface area contributed by atoms with E-state index in [9.17, 15) is 0 Å². The Bertz CT molecular complexity index is 2690. The maximum Gasteiger partial charge on any atom is 0.164 e. The minimum atomic E-state index is -0.600. The molecule has 2 aromatic heterocycles. The number of hydrogen-bond donors (Lipinski definition) is 0. The first-order valence-corrected chi connectivity index (χ1v) is 18.2. The Kier molecular flexibility index (Phi) is 6.98. The van der Waals surface area contributed by atoms with Crippen molar-refractivity contribution < 1.29 is 4.42 Å². The molecule has 52 heavy (non-hydrogen) atoms. The molecule has 0 bridgehead atoms. The van der Waals surface area contributed by atoms with E-state index in [1.165, 1.54) is 26.5 Å². The van der Waals surface area contributed by atoms with Crippen molar-refractivity contribution >= 4 is 44.8 Å². The number of aromatic nitrogens is 3. The Morgan fingerprint density at radius 2 is 1.19 bits per heavy atom. The second kappa shape index (κ2) is 11.9. The van der Waals surface area contributed by atoms with E-state index in [1.54, 1.807) is 0 Å². The summed E-state index contributed by atoms with van der Waals surface area (Å²) < 4.78 is 6.52. The van der Waals surface area contributed by atoms with Crippen LogP contribution < -0.4 is 0 Å². The van der Waals surface area contributed by atoms with Gasteiger partial charge in [-0.25, -0.2) is 15.0 Å². The Morgan fingerprint density at radius 1 is 0.615 bits per heavy atom. The van der Waals surface area contributed by atoms with E-state index in [0.717, 1.165) is 55.3 Å². The Hall–Kier alpha value is -6.30. The Labute approximate surface area is 305 Å². The highest BCUT2D eigenvalue weighted by Crippen LogP contribution is 2.63. The standard InChI is InChI=1S/C47H31N3OS/c1-3-34-33(28-29(2)44-48-45(30-16-6-4-7-17-30)50-46(49-44)31-18-8-5-9-19-31)42-37(26-27-39-43(42)32-20-10-13-23-38(32)51-39)47(34)35-21-11-14-24-40(35)52-41-25-15-12-22-36(41)47/h3-28H,1H2,2H3/b29-28+. The van der Waals surface area contributed by atoms with Gasteiger partial charge >= 0.3 is 0 Å². The molecule has 0 radical (unpaired) electrons. The van der Waals surface area contributed by atoms with E-state index in [2.05, 4.69) is 98.5 Å². The van der Waals surface area contributed by atoms with Crippen LogP contribution in [-0.2, 0) is 5.41 Å². The van der Waals surface area contributed by atoms with E-state index in [0.29, 0.717) is 17.5 Å². The van der Waals surface area contributed by atoms with Crippen LogP contribution in [0.15, 0.2) is 184 Å². The van der Waals surface area contributed by atoms with Gasteiger partial charge in [-0.05, 0) is 76.2 Å². The number of furan rings is 1. The van der Waals surface area contributed by atoms with Crippen molar-refractivity contribution in [3.05, 3.63) is 198 Å². The van der Waals surface area contributed by atoms with Crippen molar-refractivity contribution in [1.29, 1.82) is 0 Å². The van der Waals surface area contributed by atoms with Gasteiger partial charge in [-0.15, -0.1) is 0 Å². The lowest BCUT2D eigenvalue weighted by Gasteiger charge is -2.40. The van der Waals surface area contributed by atoms with Gasteiger partial charge in [0.2, 0.25) is 0 Å². The molecule has 246 valence electrons. The second-order valence-corrected chi connectivity index (χ2v) is 14.3. The average molecular weight is 686 g/mol. The van der Waals surface area contributed by atoms with Crippen molar-refractivity contribution in [3.8, 4) is 22.8 Å². The highest BCUT2D eigenvalue weighted by Gasteiger charge is 2.51. The maximum atomic E-state index is 6.52. The largest absolute Gasteiger partial charge is 0.456 e. The number of para-hydroxylation sites is 1. The number of allylic oxidation sites excluding steroid dienone is 5. The molecule has 3 heterocycles. The van der Waals surface area contributed by atoms with Gasteiger partial charge in [-0.1, -0.05) is 146 Å². The monoisotopic (exact) mass is 685 g/mol. The van der Waals surface area contributed by atoms with Crippen LogP contribution in [0.3, 0.4) is 0 Å². The molecule has 0 amide bonds. The van der Waals surface area contributed by atoms with Crippen LogP contribution in [0.25, 0.3) is 55.9 Å². The van der Waals surface area contributed by atoms with E-state index in [1.807, 2.05) is 84.6 Å². The minimum Gasteiger partial charge on any atom is -0.456 e. The van der Waals surface area contributed by atoms with E-state index < -0.39 is 5.41 Å². The molecule has 8 aromatic rings. The lowest BCUT2D eigenvalue weighted by molar-refractivity contribution is 0.667. The molecule has 0 saturated heterocycles. The predicted molar refractivity (Wildman–Crippen MR) is 212 cm³/mol. The van der Waals surface area contributed by atoms with E-state index in [4.69, 9.17) is 19.4 Å². The summed E-state index contributed by atoms with van der Waals surface area (Å²) in [6, 6.07) is 50.6. The first-order valence-electron chi connectivity index (χ1n) is 17.4. The van der Waals surface area contributed by atoms with Crippen LogP contribution in [0.1, 0.15) is 35.0 Å². The summed E-state index contributed by atoms with van der Waals surface area (Å²) in [6.45, 7) is 6.63. The molecule has 0 atom stereocenters. The SMILES string of the molecule is C=CC1=C(/C=C(\C)c2nc(-c3ccccc3)nc(-c3ccccc3)n2)c2c(ccc3oc4ccccc4c23)C12c1ccccc1Sc1ccccc12. The van der Waals surface area contributed by atoms with Gasteiger partial charge in [-0.2, -0.15) is 0 Å². The van der Waals surface area contributed by atoms with Crippen LogP contribution in [-0.4, -0.2) is 15.0 Å². The number of nitrogens with zero attached hydrogens (tertiary/aromatic N) is 3. The van der Waals surface area contributed by atoms with Crippen LogP contribution in [0.4, 0.5) is 0 Å². The van der Waals surface area contributed by atoms with Gasteiger partial charge in [0, 0.05) is 31.7 Å². The molecular formula is C47H31N3OS. The van der Waals surface area contributed by atoms with E-state index >= 15 is 0 Å². The fourth-order valence-electron chi connectivity index (χ4n) is 8.14. The highest BCUT2D eigenvalue weighted by molar-refractivity contribution is 7.99. The summed E-state index contributed by atoms with van der Waals surface area (Å²) in [5.74, 6) is 1.89. The molecular weight excluding hydrogens is 655 g/mol. The molecule has 1 aliphatic heterocycles. The molecule has 2 aliphatic rings. The normalized spacial score (nSPS) is 14.4. The maximum absolute atomic E-state index is 6.52. The van der Waals surface area contributed by atoms with Gasteiger partial charge in [0.05, 0.1) is 5.41 Å². The molecule has 5 heteroatoms. The first-order chi connectivity index (χ1) is 25.6. The van der Waals surface area contributed by atoms with Gasteiger partial charge in [0.15, 0.2) is 17.5 Å². The zero-order chi connectivity index (χ0) is 34.8. The number of rotatable bonds is 5. The molecule has 0 N–H and O–H groups in total. The van der Waals surface area contributed by atoms with Crippen molar-refractivity contribution in [2.24, 2.45) is 0 Å². The molecule has 10 rings (SSSR count). The fraction of sp³-hybridized carbons (Fsp3) is 0.0426. The molecule has 0 unspecified atom stereocenters. The lowest BCUT2D eigenvalue weighted by Crippen LogP contribution is -2.32. The summed E-state index contributed by atoms with van der Waals surface area (Å²) in [6.07, 6.45) is 4.33. The number of hydrogen-bond acceptors (Lipinski definition) is 5. The third-order valence-corrected chi connectivity index (χ3v) is 11.5. The Balaban J connectivity index is 1.31. The van der Waals surface area contributed by atoms with Crippen LogP contribution in [0.5, 0.6) is 0 Å². The van der Waals surface area contributed by atoms with Gasteiger partial charge < -0.3 is 4.42 Å². The van der Waals surface area contributed by atoms with Crippen molar-refractivity contribution in [2.75, 3.05) is 0 Å².